The quantitative estimate of drug-likeness (QED) is 0.557. The van der Waals surface area contributed by atoms with Gasteiger partial charge in [0, 0.05) is 29.7 Å². The first kappa shape index (κ1) is 22.4. The van der Waals surface area contributed by atoms with E-state index < -0.39 is 10.0 Å². The predicted octanol–water partition coefficient (Wildman–Crippen LogP) is 4.28. The second-order valence-corrected chi connectivity index (χ2v) is 9.51. The van der Waals surface area contributed by atoms with Gasteiger partial charge in [-0.2, -0.15) is 4.31 Å². The van der Waals surface area contributed by atoms with Gasteiger partial charge < -0.3 is 10.1 Å². The second kappa shape index (κ2) is 10.0. The topological polar surface area (TPSA) is 75.7 Å². The number of halogens is 1. The fourth-order valence-corrected chi connectivity index (χ4v) is 4.10. The van der Waals surface area contributed by atoms with E-state index in [1.165, 1.54) is 16.4 Å². The van der Waals surface area contributed by atoms with Crippen LogP contribution in [-0.2, 0) is 14.8 Å². The monoisotopic (exact) mass is 468 g/mol. The Morgan fingerprint density at radius 3 is 2.46 bits per heavy atom. The summed E-state index contributed by atoms with van der Waals surface area (Å²) in [6.07, 6.45) is 0.883. The summed E-state index contributed by atoms with van der Waals surface area (Å²) in [5.41, 5.74) is 0.559. The maximum atomic E-state index is 12.4. The highest BCUT2D eigenvalue weighted by molar-refractivity contribution is 9.10. The van der Waals surface area contributed by atoms with Crippen molar-refractivity contribution < 1.29 is 17.9 Å². The van der Waals surface area contributed by atoms with Gasteiger partial charge in [-0.25, -0.2) is 8.42 Å². The smallest absolute Gasteiger partial charge is 0.243 e. The van der Waals surface area contributed by atoms with Gasteiger partial charge >= 0.3 is 0 Å². The van der Waals surface area contributed by atoms with Gasteiger partial charge in [-0.1, -0.05) is 22.0 Å². The molecule has 28 heavy (non-hydrogen) atoms. The molecular formula is C20H25BrN2O4S. The van der Waals surface area contributed by atoms with E-state index in [0.29, 0.717) is 25.1 Å². The molecule has 2 aromatic carbocycles. The molecule has 0 aliphatic rings. The molecule has 0 bridgehead atoms. The van der Waals surface area contributed by atoms with Gasteiger partial charge in [0.05, 0.1) is 11.5 Å². The molecule has 1 amide bonds. The minimum atomic E-state index is -3.53. The molecule has 0 heterocycles. The van der Waals surface area contributed by atoms with Gasteiger partial charge in [0.15, 0.2) is 0 Å². The van der Waals surface area contributed by atoms with Crippen LogP contribution in [0.1, 0.15) is 26.7 Å². The van der Waals surface area contributed by atoms with E-state index >= 15 is 0 Å². The molecule has 0 aliphatic heterocycles. The van der Waals surface area contributed by atoms with Crippen LogP contribution in [0.15, 0.2) is 57.9 Å². The summed E-state index contributed by atoms with van der Waals surface area (Å²) in [4.78, 5) is 12.3. The van der Waals surface area contributed by atoms with Crippen molar-refractivity contribution in [2.75, 3.05) is 19.0 Å². The molecule has 8 heteroatoms. The summed E-state index contributed by atoms with van der Waals surface area (Å²) in [6, 6.07) is 13.6. The van der Waals surface area contributed by atoms with Crippen molar-refractivity contribution in [3.63, 3.8) is 0 Å². The summed E-state index contributed by atoms with van der Waals surface area (Å²) in [5.74, 6) is 0.602. The Kier molecular flexibility index (Phi) is 8.03. The fraction of sp³-hybridized carbons (Fsp3) is 0.350. The Bertz CT molecular complexity index is 899. The normalized spacial score (nSPS) is 11.6. The van der Waals surface area contributed by atoms with Crippen molar-refractivity contribution in [2.24, 2.45) is 0 Å². The van der Waals surface area contributed by atoms with E-state index in [-0.39, 0.29) is 16.8 Å². The van der Waals surface area contributed by atoms with E-state index in [4.69, 9.17) is 4.74 Å². The van der Waals surface area contributed by atoms with E-state index in [2.05, 4.69) is 21.2 Å². The van der Waals surface area contributed by atoms with Crippen molar-refractivity contribution in [3.05, 3.63) is 53.0 Å². The number of carbonyl (C=O) groups excluding carboxylic acids is 1. The molecule has 0 atom stereocenters. The van der Waals surface area contributed by atoms with Crippen molar-refractivity contribution in [1.29, 1.82) is 0 Å². The number of hydrogen-bond donors (Lipinski definition) is 1. The largest absolute Gasteiger partial charge is 0.494 e. The zero-order chi connectivity index (χ0) is 20.7. The predicted molar refractivity (Wildman–Crippen MR) is 114 cm³/mol. The molecule has 1 N–H and O–H groups in total. The lowest BCUT2D eigenvalue weighted by Gasteiger charge is -2.21. The Hall–Kier alpha value is -1.90. The highest BCUT2D eigenvalue weighted by Gasteiger charge is 2.22. The Morgan fingerprint density at radius 1 is 1.18 bits per heavy atom. The molecule has 0 saturated heterocycles. The van der Waals surface area contributed by atoms with Gasteiger partial charge in [0.25, 0.3) is 0 Å². The maximum Gasteiger partial charge on any atom is 0.243 e. The van der Waals surface area contributed by atoms with Gasteiger partial charge in [0.2, 0.25) is 15.9 Å². The first-order chi connectivity index (χ1) is 13.2. The molecule has 0 fully saturated rings. The number of amides is 1. The zero-order valence-electron chi connectivity index (χ0n) is 16.2. The number of nitrogens with zero attached hydrogens (tertiary/aromatic N) is 1. The van der Waals surface area contributed by atoms with Crippen LogP contribution in [0.4, 0.5) is 5.69 Å². The average Bonchev–Trinajstić information content (AvgIpc) is 2.65. The maximum absolute atomic E-state index is 12.4. The zero-order valence-corrected chi connectivity index (χ0v) is 18.6. The number of benzene rings is 2. The van der Waals surface area contributed by atoms with Crippen molar-refractivity contribution in [3.8, 4) is 5.75 Å². The minimum absolute atomic E-state index is 0.136. The lowest BCUT2D eigenvalue weighted by atomic mass is 10.2. The summed E-state index contributed by atoms with van der Waals surface area (Å²) >= 11 is 3.38. The lowest BCUT2D eigenvalue weighted by molar-refractivity contribution is -0.116. The standard InChI is InChI=1S/C20H25BrN2O4S/c1-15(2)23(3)28(25,26)19-11-9-17(10-12-19)22-20(24)8-5-13-27-18-7-4-6-16(21)14-18/h4,6-7,9-12,14-15H,5,8,13H2,1-3H3,(H,22,24). The minimum Gasteiger partial charge on any atom is -0.494 e. The average molecular weight is 469 g/mol. The third-order valence-electron chi connectivity index (χ3n) is 4.16. The van der Waals surface area contributed by atoms with Crippen molar-refractivity contribution >= 4 is 37.5 Å². The van der Waals surface area contributed by atoms with Gasteiger partial charge in [-0.15, -0.1) is 0 Å². The molecule has 0 saturated carbocycles. The van der Waals surface area contributed by atoms with E-state index in [1.54, 1.807) is 19.2 Å². The summed E-state index contributed by atoms with van der Waals surface area (Å²) in [6.45, 7) is 4.06. The summed E-state index contributed by atoms with van der Waals surface area (Å²) < 4.78 is 32.7. The molecule has 0 aromatic heterocycles. The van der Waals surface area contributed by atoms with Crippen LogP contribution in [0.5, 0.6) is 5.75 Å². The number of nitrogens with one attached hydrogen (secondary N) is 1. The van der Waals surface area contributed by atoms with E-state index in [9.17, 15) is 13.2 Å². The summed E-state index contributed by atoms with van der Waals surface area (Å²) in [5, 5.41) is 2.77. The van der Waals surface area contributed by atoms with Crippen LogP contribution in [0.3, 0.4) is 0 Å². The highest BCUT2D eigenvalue weighted by Crippen LogP contribution is 2.20. The first-order valence-corrected chi connectivity index (χ1v) is 11.2. The molecule has 6 nitrogen and oxygen atoms in total. The van der Waals surface area contributed by atoms with E-state index in [1.807, 2.05) is 38.1 Å². The molecule has 152 valence electrons. The van der Waals surface area contributed by atoms with Gasteiger partial charge in [0.1, 0.15) is 5.75 Å². The first-order valence-electron chi connectivity index (χ1n) is 8.96. The van der Waals surface area contributed by atoms with Crippen LogP contribution >= 0.6 is 15.9 Å². The Morgan fingerprint density at radius 2 is 1.86 bits per heavy atom. The summed E-state index contributed by atoms with van der Waals surface area (Å²) in [7, 11) is -1.98. The second-order valence-electron chi connectivity index (χ2n) is 6.60. The Balaban J connectivity index is 1.82. The number of ether oxygens (including phenoxy) is 1. The van der Waals surface area contributed by atoms with Crippen molar-refractivity contribution in [2.45, 2.75) is 37.6 Å². The van der Waals surface area contributed by atoms with Crippen LogP contribution in [0.2, 0.25) is 0 Å². The third kappa shape index (κ3) is 6.32. The molecule has 2 aromatic rings. The third-order valence-corrected chi connectivity index (χ3v) is 6.70. The number of carbonyl (C=O) groups is 1. The molecule has 2 rings (SSSR count). The molecular weight excluding hydrogens is 444 g/mol. The van der Waals surface area contributed by atoms with Crippen LogP contribution in [0.25, 0.3) is 0 Å². The lowest BCUT2D eigenvalue weighted by Crippen LogP contribution is -2.33. The molecule has 0 aliphatic carbocycles. The van der Waals surface area contributed by atoms with Crippen LogP contribution < -0.4 is 10.1 Å². The fourth-order valence-electron chi connectivity index (χ4n) is 2.36. The molecule has 0 radical (unpaired) electrons. The number of rotatable bonds is 9. The number of sulfonamides is 1. The number of hydrogen-bond acceptors (Lipinski definition) is 4. The molecule has 0 spiro atoms. The Labute approximate surface area is 175 Å². The number of anilines is 1. The van der Waals surface area contributed by atoms with Crippen LogP contribution in [0, 0.1) is 0 Å². The molecule has 0 unspecified atom stereocenters. The highest BCUT2D eigenvalue weighted by atomic mass is 79.9. The van der Waals surface area contributed by atoms with Gasteiger partial charge in [-0.05, 0) is 62.7 Å². The van der Waals surface area contributed by atoms with Crippen molar-refractivity contribution in [1.82, 2.24) is 4.31 Å². The van der Waals surface area contributed by atoms with Gasteiger partial charge in [-0.3, -0.25) is 4.79 Å². The SMILES string of the molecule is CC(C)N(C)S(=O)(=O)c1ccc(NC(=O)CCCOc2cccc(Br)c2)cc1. The van der Waals surface area contributed by atoms with E-state index in [0.717, 1.165) is 10.2 Å². The van der Waals surface area contributed by atoms with Crippen LogP contribution in [-0.4, -0.2) is 38.3 Å².